The monoisotopic (exact) mass is 524 g/mol. The molecule has 3 rings (SSSR count). The average molecular weight is 525 g/mol. The van der Waals surface area contributed by atoms with Crippen LogP contribution in [0.15, 0.2) is 53.7 Å². The number of aromatic nitrogens is 1. The third-order valence-corrected chi connectivity index (χ3v) is 7.19. The van der Waals surface area contributed by atoms with Crippen LogP contribution in [0.5, 0.6) is 0 Å². The van der Waals surface area contributed by atoms with Gasteiger partial charge in [-0.1, -0.05) is 43.3 Å². The number of hydrogen-bond donors (Lipinski definition) is 3. The van der Waals surface area contributed by atoms with Crippen LogP contribution in [0.4, 0.5) is 0 Å². The lowest BCUT2D eigenvalue weighted by molar-refractivity contribution is -0.145. The van der Waals surface area contributed by atoms with E-state index in [9.17, 15) is 14.4 Å². The van der Waals surface area contributed by atoms with Crippen molar-refractivity contribution in [2.24, 2.45) is 10.7 Å². The van der Waals surface area contributed by atoms with Crippen molar-refractivity contribution in [3.8, 4) is 0 Å². The number of amidine groups is 2. The first-order chi connectivity index (χ1) is 17.8. The van der Waals surface area contributed by atoms with Gasteiger partial charge in [-0.05, 0) is 37.6 Å². The number of nitrogens with one attached hydrogen (secondary N) is 2. The lowest BCUT2D eigenvalue weighted by Crippen LogP contribution is -2.43. The SMILES string of the molecule is CCCCN1C(=NC(=O)c2ccc(C(=N)N)cc2)SC(C(=O)NCCC(=O)OCc2ccccn2)C1C. The van der Waals surface area contributed by atoms with Crippen LogP contribution in [-0.2, 0) is 20.9 Å². The number of esters is 1. The van der Waals surface area contributed by atoms with Crippen LogP contribution in [-0.4, -0.2) is 63.1 Å². The lowest BCUT2D eigenvalue weighted by Gasteiger charge is -2.24. The summed E-state index contributed by atoms with van der Waals surface area (Å²) < 4.78 is 5.20. The number of benzene rings is 1. The van der Waals surface area contributed by atoms with Crippen molar-refractivity contribution in [2.45, 2.75) is 51.0 Å². The number of nitrogens with two attached hydrogens (primary N) is 1. The largest absolute Gasteiger partial charge is 0.459 e. The van der Waals surface area contributed by atoms with E-state index in [1.54, 1.807) is 42.6 Å². The third-order valence-electron chi connectivity index (χ3n) is 5.79. The molecule has 0 radical (unpaired) electrons. The van der Waals surface area contributed by atoms with Gasteiger partial charge in [0.05, 0.1) is 12.1 Å². The zero-order valence-corrected chi connectivity index (χ0v) is 21.8. The molecule has 1 saturated heterocycles. The van der Waals surface area contributed by atoms with Gasteiger partial charge < -0.3 is 20.7 Å². The van der Waals surface area contributed by atoms with Gasteiger partial charge in [0.1, 0.15) is 17.7 Å². The Balaban J connectivity index is 1.58. The van der Waals surface area contributed by atoms with Gasteiger partial charge in [-0.25, -0.2) is 0 Å². The van der Waals surface area contributed by atoms with Crippen molar-refractivity contribution >= 4 is 40.5 Å². The lowest BCUT2D eigenvalue weighted by atomic mass is 10.1. The number of thioether (sulfide) groups is 1. The number of hydrogen-bond acceptors (Lipinski definition) is 7. The molecule has 4 N–H and O–H groups in total. The quantitative estimate of drug-likeness (QED) is 0.231. The van der Waals surface area contributed by atoms with E-state index >= 15 is 0 Å². The highest BCUT2D eigenvalue weighted by atomic mass is 32.2. The molecule has 1 aromatic heterocycles. The molecule has 2 heterocycles. The number of aliphatic imine (C=N–C) groups is 1. The van der Waals surface area contributed by atoms with Gasteiger partial charge in [0.2, 0.25) is 5.91 Å². The fraction of sp³-hybridized carbons (Fsp3) is 0.385. The zero-order valence-electron chi connectivity index (χ0n) is 21.0. The maximum atomic E-state index is 12.9. The predicted octanol–water partition coefficient (Wildman–Crippen LogP) is 2.72. The summed E-state index contributed by atoms with van der Waals surface area (Å²) in [5.41, 5.74) is 7.03. The van der Waals surface area contributed by atoms with Crippen LogP contribution >= 0.6 is 11.8 Å². The number of rotatable bonds is 11. The molecular formula is C26H32N6O4S. The van der Waals surface area contributed by atoms with Crippen molar-refractivity contribution in [3.05, 3.63) is 65.5 Å². The van der Waals surface area contributed by atoms with Gasteiger partial charge in [0, 0.05) is 36.5 Å². The first kappa shape index (κ1) is 27.9. The molecule has 2 amide bonds. The fourth-order valence-corrected chi connectivity index (χ4v) is 4.94. The van der Waals surface area contributed by atoms with Gasteiger partial charge in [-0.2, -0.15) is 4.99 Å². The molecular weight excluding hydrogens is 492 g/mol. The van der Waals surface area contributed by atoms with E-state index in [1.807, 2.05) is 17.9 Å². The van der Waals surface area contributed by atoms with E-state index in [0.717, 1.165) is 12.8 Å². The van der Waals surface area contributed by atoms with Crippen LogP contribution in [0.1, 0.15) is 54.7 Å². The normalized spacial score (nSPS) is 18.0. The number of unbranched alkanes of at least 4 members (excludes halogenated alkanes) is 1. The van der Waals surface area contributed by atoms with Crippen LogP contribution in [0.25, 0.3) is 0 Å². The maximum Gasteiger partial charge on any atom is 0.307 e. The first-order valence-corrected chi connectivity index (χ1v) is 13.0. The average Bonchev–Trinajstić information content (AvgIpc) is 3.21. The summed E-state index contributed by atoms with van der Waals surface area (Å²) in [7, 11) is 0. The number of carbonyl (C=O) groups excluding carboxylic acids is 3. The van der Waals surface area contributed by atoms with Crippen molar-refractivity contribution in [1.29, 1.82) is 5.41 Å². The molecule has 37 heavy (non-hydrogen) atoms. The van der Waals surface area contributed by atoms with E-state index in [2.05, 4.69) is 22.2 Å². The second kappa shape index (κ2) is 13.5. The van der Waals surface area contributed by atoms with Gasteiger partial charge in [-0.15, -0.1) is 0 Å². The van der Waals surface area contributed by atoms with E-state index in [1.165, 1.54) is 11.8 Å². The standard InChI is InChI=1S/C26H32N6O4S/c1-3-4-15-32-17(2)22(25(35)30-14-12-21(33)36-16-20-7-5-6-13-29-20)37-26(32)31-24(34)19-10-8-18(9-11-19)23(27)28/h5-11,13,17,22H,3-4,12,14-16H2,1-2H3,(H3,27,28)(H,30,35). The highest BCUT2D eigenvalue weighted by Gasteiger charge is 2.40. The Kier molecular flexibility index (Phi) is 10.2. The van der Waals surface area contributed by atoms with E-state index in [-0.39, 0.29) is 37.4 Å². The van der Waals surface area contributed by atoms with E-state index in [4.69, 9.17) is 15.9 Å². The van der Waals surface area contributed by atoms with E-state index < -0.39 is 17.1 Å². The molecule has 1 aliphatic heterocycles. The Bertz CT molecular complexity index is 1140. The Hall–Kier alpha value is -3.73. The molecule has 10 nitrogen and oxygen atoms in total. The Morgan fingerprint density at radius 3 is 2.57 bits per heavy atom. The number of pyridine rings is 1. The molecule has 196 valence electrons. The van der Waals surface area contributed by atoms with Crippen LogP contribution in [0.2, 0.25) is 0 Å². The first-order valence-electron chi connectivity index (χ1n) is 12.1. The van der Waals surface area contributed by atoms with E-state index in [0.29, 0.717) is 28.5 Å². The molecule has 11 heteroatoms. The molecule has 2 unspecified atom stereocenters. The number of nitrogen functional groups attached to an aromatic ring is 1. The molecule has 2 atom stereocenters. The minimum atomic E-state index is -0.479. The molecule has 1 aliphatic rings. The van der Waals surface area contributed by atoms with Crippen LogP contribution < -0.4 is 11.1 Å². The van der Waals surface area contributed by atoms with Crippen LogP contribution in [0, 0.1) is 5.41 Å². The van der Waals surface area contributed by atoms with Gasteiger partial charge in [0.25, 0.3) is 5.91 Å². The highest BCUT2D eigenvalue weighted by molar-refractivity contribution is 8.15. The summed E-state index contributed by atoms with van der Waals surface area (Å²) in [5.74, 6) is -1.15. The van der Waals surface area contributed by atoms with Gasteiger partial charge >= 0.3 is 5.97 Å². The number of nitrogens with zero attached hydrogens (tertiary/aromatic N) is 3. The second-order valence-electron chi connectivity index (χ2n) is 8.54. The van der Waals surface area contributed by atoms with Crippen molar-refractivity contribution in [3.63, 3.8) is 0 Å². The van der Waals surface area contributed by atoms with Crippen molar-refractivity contribution in [1.82, 2.24) is 15.2 Å². The summed E-state index contributed by atoms with van der Waals surface area (Å²) in [6.45, 7) is 4.91. The smallest absolute Gasteiger partial charge is 0.307 e. The van der Waals surface area contributed by atoms with Gasteiger partial charge in [0.15, 0.2) is 5.17 Å². The molecule has 2 aromatic rings. The summed E-state index contributed by atoms with van der Waals surface area (Å²) in [4.78, 5) is 48.2. The molecule has 0 saturated carbocycles. The summed E-state index contributed by atoms with van der Waals surface area (Å²) >= 11 is 1.25. The molecule has 0 aliphatic carbocycles. The fourth-order valence-electron chi connectivity index (χ4n) is 3.65. The number of ether oxygens (including phenoxy) is 1. The van der Waals surface area contributed by atoms with Crippen LogP contribution in [0.3, 0.4) is 0 Å². The Morgan fingerprint density at radius 1 is 1.19 bits per heavy atom. The summed E-state index contributed by atoms with van der Waals surface area (Å²) in [6, 6.07) is 11.6. The zero-order chi connectivity index (χ0) is 26.8. The van der Waals surface area contributed by atoms with Crippen molar-refractivity contribution in [2.75, 3.05) is 13.1 Å². The summed E-state index contributed by atoms with van der Waals surface area (Å²) in [5, 5.41) is 10.3. The minimum Gasteiger partial charge on any atom is -0.459 e. The molecule has 0 spiro atoms. The molecule has 0 bridgehead atoms. The highest BCUT2D eigenvalue weighted by Crippen LogP contribution is 2.32. The number of carbonyl (C=O) groups is 3. The third kappa shape index (κ3) is 7.88. The number of amides is 2. The van der Waals surface area contributed by atoms with Crippen molar-refractivity contribution < 1.29 is 19.1 Å². The second-order valence-corrected chi connectivity index (χ2v) is 9.65. The molecule has 1 aromatic carbocycles. The maximum absolute atomic E-state index is 12.9. The van der Waals surface area contributed by atoms with Gasteiger partial charge in [-0.3, -0.25) is 24.8 Å². The Labute approximate surface area is 220 Å². The summed E-state index contributed by atoms with van der Waals surface area (Å²) in [6.07, 6.45) is 3.52. The minimum absolute atomic E-state index is 0.0413. The molecule has 1 fully saturated rings. The predicted molar refractivity (Wildman–Crippen MR) is 143 cm³/mol. The Morgan fingerprint density at radius 2 is 1.92 bits per heavy atom. The topological polar surface area (TPSA) is 151 Å².